The lowest BCUT2D eigenvalue weighted by Crippen LogP contribution is -2.41. The number of anilines is 2. The van der Waals surface area contributed by atoms with Crippen molar-refractivity contribution < 1.29 is 29.4 Å². The second-order valence-corrected chi connectivity index (χ2v) is 8.64. The van der Waals surface area contributed by atoms with Crippen molar-refractivity contribution in [1.82, 2.24) is 25.3 Å². The molecule has 2 atom stereocenters. The maximum Gasteiger partial charge on any atom is 0.326 e. The second kappa shape index (κ2) is 12.6. The van der Waals surface area contributed by atoms with Crippen LogP contribution in [0.5, 0.6) is 0 Å². The van der Waals surface area contributed by atoms with E-state index in [1.807, 2.05) is 0 Å². The molecule has 0 saturated heterocycles. The predicted molar refractivity (Wildman–Crippen MR) is 139 cm³/mol. The monoisotopic (exact) mass is 543 g/mol. The van der Waals surface area contributed by atoms with E-state index in [2.05, 4.69) is 43.2 Å². The first kappa shape index (κ1) is 28.0. The fourth-order valence-corrected chi connectivity index (χ4v) is 3.68. The van der Waals surface area contributed by atoms with Crippen molar-refractivity contribution in [1.29, 1.82) is 0 Å². The summed E-state index contributed by atoms with van der Waals surface area (Å²) in [7, 11) is 0. The number of benzene rings is 1. The standard InChI is InChI=1S/C23H25N7O7S/c24-23-29-18-17(20(33)30-23)27-14(9-26-18)8-25-13-3-1-11(2-4-13)19(32)28-16(22(36)37)6-5-15(31)7-12(10-38)21(34)35/h1-4,9,12,16,25,38H,5-8,10H2,(H,28,32)(H,34,35)(H,36,37)(H3,24,26,29,30,33)/t12-,16-/m1/s1. The average molecular weight is 544 g/mol. The van der Waals surface area contributed by atoms with Gasteiger partial charge in [-0.05, 0) is 30.7 Å². The van der Waals surface area contributed by atoms with E-state index in [1.165, 1.54) is 18.3 Å². The number of fused-ring (bicyclic) bond motifs is 1. The molecule has 3 aromatic rings. The highest BCUT2D eigenvalue weighted by atomic mass is 32.1. The number of thiol groups is 1. The fourth-order valence-electron chi connectivity index (χ4n) is 3.40. The predicted octanol–water partition coefficient (Wildman–Crippen LogP) is 0.460. The zero-order valence-electron chi connectivity index (χ0n) is 19.9. The average Bonchev–Trinajstić information content (AvgIpc) is 2.88. The topological polar surface area (TPSA) is 230 Å². The Kier molecular flexibility index (Phi) is 9.32. The Morgan fingerprint density at radius 3 is 2.42 bits per heavy atom. The summed E-state index contributed by atoms with van der Waals surface area (Å²) in [5.41, 5.74) is 6.41. The quantitative estimate of drug-likeness (QED) is 0.146. The summed E-state index contributed by atoms with van der Waals surface area (Å²) < 4.78 is 0. The number of rotatable bonds is 13. The molecule has 200 valence electrons. The number of nitrogens with zero attached hydrogens (tertiary/aromatic N) is 3. The second-order valence-electron chi connectivity index (χ2n) is 8.28. The van der Waals surface area contributed by atoms with Crippen molar-refractivity contribution in [3.05, 3.63) is 52.1 Å². The summed E-state index contributed by atoms with van der Waals surface area (Å²) in [6.07, 6.45) is 0.793. The molecule has 2 heterocycles. The van der Waals surface area contributed by atoms with Crippen LogP contribution >= 0.6 is 12.6 Å². The van der Waals surface area contributed by atoms with E-state index in [0.717, 1.165) is 0 Å². The number of nitrogens with one attached hydrogen (secondary N) is 3. The zero-order valence-corrected chi connectivity index (χ0v) is 20.8. The normalized spacial score (nSPS) is 12.4. The van der Waals surface area contributed by atoms with Gasteiger partial charge in [-0.1, -0.05) is 0 Å². The molecular weight excluding hydrogens is 518 g/mol. The van der Waals surface area contributed by atoms with E-state index < -0.39 is 41.1 Å². The van der Waals surface area contributed by atoms with Crippen molar-refractivity contribution in [3.8, 4) is 0 Å². The molecule has 0 aliphatic rings. The molecule has 0 aliphatic carbocycles. The summed E-state index contributed by atoms with van der Waals surface area (Å²) >= 11 is 3.90. The van der Waals surface area contributed by atoms with Gasteiger partial charge in [0.25, 0.3) is 11.5 Å². The highest BCUT2D eigenvalue weighted by molar-refractivity contribution is 7.80. The maximum absolute atomic E-state index is 12.6. The highest BCUT2D eigenvalue weighted by Crippen LogP contribution is 2.14. The number of carboxylic acids is 2. The highest BCUT2D eigenvalue weighted by Gasteiger charge is 2.24. The number of carboxylic acid groups (broad SMARTS) is 2. The van der Waals surface area contributed by atoms with Crippen LogP contribution in [-0.2, 0) is 20.9 Å². The van der Waals surface area contributed by atoms with Crippen LogP contribution in [0.3, 0.4) is 0 Å². The van der Waals surface area contributed by atoms with Gasteiger partial charge in [-0.15, -0.1) is 0 Å². The third kappa shape index (κ3) is 7.49. The molecular formula is C23H25N7O7S. The summed E-state index contributed by atoms with van der Waals surface area (Å²) in [5.74, 6) is -4.59. The van der Waals surface area contributed by atoms with Gasteiger partial charge in [0.1, 0.15) is 11.8 Å². The molecule has 3 rings (SSSR count). The van der Waals surface area contributed by atoms with Crippen LogP contribution in [0.15, 0.2) is 35.3 Å². The van der Waals surface area contributed by atoms with Crippen molar-refractivity contribution in [2.75, 3.05) is 16.8 Å². The lowest BCUT2D eigenvalue weighted by Gasteiger charge is -2.15. The number of nitrogens with two attached hydrogens (primary N) is 1. The van der Waals surface area contributed by atoms with E-state index in [9.17, 15) is 29.1 Å². The number of carbonyl (C=O) groups excluding carboxylic acids is 2. The van der Waals surface area contributed by atoms with Crippen LogP contribution in [0.25, 0.3) is 11.2 Å². The number of Topliss-reactive ketones (excluding diaryl/α,β-unsaturated/α-hetero) is 1. The number of H-pyrrole nitrogens is 1. The van der Waals surface area contributed by atoms with Gasteiger partial charge >= 0.3 is 11.9 Å². The Balaban J connectivity index is 1.56. The molecule has 15 heteroatoms. The van der Waals surface area contributed by atoms with Gasteiger partial charge in [-0.25, -0.2) is 14.8 Å². The maximum atomic E-state index is 12.6. The number of ketones is 1. The summed E-state index contributed by atoms with van der Waals surface area (Å²) in [4.78, 5) is 73.8. The van der Waals surface area contributed by atoms with Gasteiger partial charge in [0, 0.05) is 29.8 Å². The lowest BCUT2D eigenvalue weighted by atomic mass is 10.00. The van der Waals surface area contributed by atoms with E-state index >= 15 is 0 Å². The Bertz CT molecular complexity index is 1410. The molecule has 38 heavy (non-hydrogen) atoms. The molecule has 1 aromatic carbocycles. The molecule has 0 spiro atoms. The Morgan fingerprint density at radius 2 is 1.79 bits per heavy atom. The zero-order chi connectivity index (χ0) is 27.8. The van der Waals surface area contributed by atoms with Crippen molar-refractivity contribution in [2.45, 2.75) is 31.8 Å². The minimum atomic E-state index is -1.33. The van der Waals surface area contributed by atoms with Gasteiger partial charge < -0.3 is 26.6 Å². The number of aliphatic carboxylic acids is 2. The van der Waals surface area contributed by atoms with E-state index in [4.69, 9.17) is 10.8 Å². The minimum Gasteiger partial charge on any atom is -0.481 e. The van der Waals surface area contributed by atoms with Crippen molar-refractivity contribution in [2.24, 2.45) is 5.92 Å². The van der Waals surface area contributed by atoms with Crippen LogP contribution in [0.1, 0.15) is 35.3 Å². The number of aromatic nitrogens is 4. The van der Waals surface area contributed by atoms with Crippen LogP contribution in [0.4, 0.5) is 11.6 Å². The van der Waals surface area contributed by atoms with E-state index in [0.29, 0.717) is 11.4 Å². The van der Waals surface area contributed by atoms with Crippen LogP contribution in [0.2, 0.25) is 0 Å². The van der Waals surface area contributed by atoms with Crippen molar-refractivity contribution in [3.63, 3.8) is 0 Å². The molecule has 14 nitrogen and oxygen atoms in total. The van der Waals surface area contributed by atoms with Gasteiger partial charge in [-0.3, -0.25) is 24.2 Å². The molecule has 1 amide bonds. The molecule has 2 aromatic heterocycles. The van der Waals surface area contributed by atoms with Gasteiger partial charge in [0.2, 0.25) is 5.95 Å². The lowest BCUT2D eigenvalue weighted by molar-refractivity contribution is -0.143. The molecule has 0 aliphatic heterocycles. The number of carbonyl (C=O) groups is 4. The SMILES string of the molecule is Nc1nc2ncc(CNc3ccc(C(=O)N[C@H](CCC(=O)C[C@H](CS)C(=O)O)C(=O)O)cc3)nc2c(=O)[nH]1. The molecule has 0 radical (unpaired) electrons. The van der Waals surface area contributed by atoms with Crippen LogP contribution in [0, 0.1) is 5.92 Å². The molecule has 0 saturated carbocycles. The van der Waals surface area contributed by atoms with Crippen LogP contribution < -0.4 is 21.9 Å². The third-order valence-electron chi connectivity index (χ3n) is 5.47. The first-order chi connectivity index (χ1) is 18.1. The fraction of sp³-hybridized carbons (Fsp3) is 0.304. The molecule has 0 bridgehead atoms. The molecule has 0 fully saturated rings. The third-order valence-corrected chi connectivity index (χ3v) is 5.91. The number of hydrogen-bond acceptors (Lipinski definition) is 11. The first-order valence-electron chi connectivity index (χ1n) is 11.3. The number of hydrogen-bond donors (Lipinski definition) is 7. The Hall–Kier alpha value is -4.53. The number of amides is 1. The first-order valence-corrected chi connectivity index (χ1v) is 11.9. The number of aromatic amines is 1. The Labute approximate surface area is 220 Å². The van der Waals surface area contributed by atoms with Gasteiger partial charge in [0.15, 0.2) is 11.2 Å². The van der Waals surface area contributed by atoms with Crippen LogP contribution in [-0.4, -0.2) is 65.6 Å². The Morgan fingerprint density at radius 1 is 1.08 bits per heavy atom. The van der Waals surface area contributed by atoms with Crippen molar-refractivity contribution >= 4 is 59.1 Å². The molecule has 0 unspecified atom stereocenters. The smallest absolute Gasteiger partial charge is 0.326 e. The minimum absolute atomic E-state index is 0.0203. The molecule has 7 N–H and O–H groups in total. The van der Waals surface area contributed by atoms with E-state index in [-0.39, 0.29) is 54.2 Å². The van der Waals surface area contributed by atoms with E-state index in [1.54, 1.807) is 12.1 Å². The van der Waals surface area contributed by atoms with Gasteiger partial charge in [0.05, 0.1) is 24.4 Å². The summed E-state index contributed by atoms with van der Waals surface area (Å²) in [6, 6.07) is 4.83. The van der Waals surface area contributed by atoms with Gasteiger partial charge in [-0.2, -0.15) is 17.6 Å². The largest absolute Gasteiger partial charge is 0.481 e. The number of nitrogen functional groups attached to an aromatic ring is 1. The summed E-state index contributed by atoms with van der Waals surface area (Å²) in [5, 5.41) is 23.9. The summed E-state index contributed by atoms with van der Waals surface area (Å²) in [6.45, 7) is 0.212.